The van der Waals surface area contributed by atoms with Crippen LogP contribution in [0, 0.1) is 18.8 Å². The van der Waals surface area contributed by atoms with Gasteiger partial charge in [-0.25, -0.2) is 24.3 Å². The van der Waals surface area contributed by atoms with Crippen molar-refractivity contribution in [3.05, 3.63) is 94.8 Å². The number of fused-ring (bicyclic) bond motifs is 1. The summed E-state index contributed by atoms with van der Waals surface area (Å²) in [6.45, 7) is 2.43. The largest absolute Gasteiger partial charge is 0.382 e. The third kappa shape index (κ3) is 5.90. The van der Waals surface area contributed by atoms with E-state index in [-0.39, 0.29) is 17.4 Å². The van der Waals surface area contributed by atoms with Gasteiger partial charge in [-0.15, -0.1) is 0 Å². The van der Waals surface area contributed by atoms with Crippen LogP contribution in [0.15, 0.2) is 78.0 Å². The Morgan fingerprint density at radius 2 is 1.80 bits per heavy atom. The standard InChI is InChI=1S/C32H29N9O3/c1-20-14-15-34-26(17-20)38-31(43)21-8-10-24(11-9-21)40-28-29(33)35-19-36-30(28)41(32(40)44)25-6-3-5-22(18-25)37-27(42)7-4-16-39(2)23-12-13-23/h3,5-6,8-11,14-15,17-19,23H,12-13,16H2,1-2H3,(H,37,42)(H2,33,35,36)(H,34,38,43). The van der Waals surface area contributed by atoms with Crippen LogP contribution in [0.3, 0.4) is 0 Å². The molecule has 12 heteroatoms. The number of carbonyl (C=O) groups excluding carboxylic acids is 2. The van der Waals surface area contributed by atoms with Gasteiger partial charge in [0.25, 0.3) is 11.8 Å². The summed E-state index contributed by atoms with van der Waals surface area (Å²) in [7, 11) is 1.99. The SMILES string of the molecule is Cc1ccnc(NC(=O)c2ccc(-n3c(=O)n(-c4cccc(NC(=O)C#CCN(C)C5CC5)c4)c4ncnc(N)c43)cc2)c1. The number of hydrogen-bond acceptors (Lipinski definition) is 8. The van der Waals surface area contributed by atoms with E-state index in [1.165, 1.54) is 28.3 Å². The number of anilines is 3. The maximum Gasteiger partial charge on any atom is 0.339 e. The fraction of sp³-hybridized carbons (Fsp3) is 0.188. The summed E-state index contributed by atoms with van der Waals surface area (Å²) < 4.78 is 2.78. The summed E-state index contributed by atoms with van der Waals surface area (Å²) in [5.74, 6) is 5.28. The van der Waals surface area contributed by atoms with Crippen molar-refractivity contribution in [2.75, 3.05) is 30.0 Å². The zero-order valence-electron chi connectivity index (χ0n) is 24.1. The number of nitrogens with one attached hydrogen (secondary N) is 2. The molecule has 3 heterocycles. The average molecular weight is 588 g/mol. The molecule has 3 aromatic heterocycles. The highest BCUT2D eigenvalue weighted by atomic mass is 16.2. The predicted molar refractivity (Wildman–Crippen MR) is 168 cm³/mol. The van der Waals surface area contributed by atoms with Crippen molar-refractivity contribution in [2.45, 2.75) is 25.8 Å². The number of carbonyl (C=O) groups is 2. The smallest absolute Gasteiger partial charge is 0.339 e. The Kier molecular flexibility index (Phi) is 7.61. The number of pyridine rings is 1. The molecule has 0 aliphatic heterocycles. The number of rotatable bonds is 7. The molecule has 2 aromatic carbocycles. The molecule has 12 nitrogen and oxygen atoms in total. The lowest BCUT2D eigenvalue weighted by atomic mass is 10.2. The van der Waals surface area contributed by atoms with Gasteiger partial charge in [0.1, 0.15) is 17.7 Å². The molecule has 0 atom stereocenters. The summed E-state index contributed by atoms with van der Waals surface area (Å²) in [4.78, 5) is 54.0. The lowest BCUT2D eigenvalue weighted by molar-refractivity contribution is -0.111. The van der Waals surface area contributed by atoms with Crippen molar-refractivity contribution in [2.24, 2.45) is 0 Å². The minimum absolute atomic E-state index is 0.106. The molecule has 0 saturated heterocycles. The highest BCUT2D eigenvalue weighted by molar-refractivity contribution is 6.04. The van der Waals surface area contributed by atoms with E-state index >= 15 is 0 Å². The van der Waals surface area contributed by atoms with Crippen LogP contribution in [0.4, 0.5) is 17.3 Å². The number of nitrogens with zero attached hydrogens (tertiary/aromatic N) is 6. The fourth-order valence-electron chi connectivity index (χ4n) is 4.85. The molecule has 1 aliphatic rings. The Morgan fingerprint density at radius 3 is 2.55 bits per heavy atom. The second kappa shape index (κ2) is 11.8. The van der Waals surface area contributed by atoms with E-state index in [1.807, 2.05) is 20.0 Å². The van der Waals surface area contributed by atoms with E-state index in [4.69, 9.17) is 5.73 Å². The number of aromatic nitrogens is 5. The molecule has 1 fully saturated rings. The quantitative estimate of drug-likeness (QED) is 0.246. The van der Waals surface area contributed by atoms with Crippen LogP contribution in [0.2, 0.25) is 0 Å². The Labute approximate surface area is 252 Å². The summed E-state index contributed by atoms with van der Waals surface area (Å²) in [6, 6.07) is 17.5. The topological polar surface area (TPSA) is 153 Å². The molecule has 44 heavy (non-hydrogen) atoms. The van der Waals surface area contributed by atoms with Gasteiger partial charge in [-0.1, -0.05) is 12.0 Å². The summed E-state index contributed by atoms with van der Waals surface area (Å²) >= 11 is 0. The Bertz CT molecular complexity index is 2020. The third-order valence-corrected chi connectivity index (χ3v) is 7.26. The number of nitrogen functional groups attached to an aromatic ring is 1. The maximum atomic E-state index is 13.9. The van der Waals surface area contributed by atoms with Gasteiger partial charge >= 0.3 is 5.69 Å². The molecule has 2 amide bonds. The van der Waals surface area contributed by atoms with Gasteiger partial charge in [0.05, 0.1) is 17.9 Å². The molecule has 0 radical (unpaired) electrons. The van der Waals surface area contributed by atoms with Gasteiger partial charge in [-0.2, -0.15) is 0 Å². The zero-order chi connectivity index (χ0) is 30.8. The summed E-state index contributed by atoms with van der Waals surface area (Å²) in [5.41, 5.74) is 9.10. The first kappa shape index (κ1) is 28.3. The number of nitrogens with two attached hydrogens (primary N) is 1. The van der Waals surface area contributed by atoms with E-state index in [0.29, 0.717) is 46.5 Å². The third-order valence-electron chi connectivity index (χ3n) is 7.26. The highest BCUT2D eigenvalue weighted by Gasteiger charge is 2.25. The van der Waals surface area contributed by atoms with Gasteiger partial charge < -0.3 is 16.4 Å². The molecule has 220 valence electrons. The fourth-order valence-corrected chi connectivity index (χ4v) is 4.85. The van der Waals surface area contributed by atoms with Crippen molar-refractivity contribution in [1.82, 2.24) is 29.0 Å². The first-order valence-corrected chi connectivity index (χ1v) is 14.0. The van der Waals surface area contributed by atoms with Gasteiger partial charge in [0.2, 0.25) is 0 Å². The molecular weight excluding hydrogens is 558 g/mol. The predicted octanol–water partition coefficient (Wildman–Crippen LogP) is 3.15. The lowest BCUT2D eigenvalue weighted by Gasteiger charge is -2.10. The van der Waals surface area contributed by atoms with E-state index in [1.54, 1.807) is 60.8 Å². The molecule has 4 N–H and O–H groups in total. The van der Waals surface area contributed by atoms with Gasteiger partial charge in [-0.05, 0) is 92.9 Å². The van der Waals surface area contributed by atoms with E-state index in [0.717, 1.165) is 5.56 Å². The van der Waals surface area contributed by atoms with E-state index < -0.39 is 11.6 Å². The van der Waals surface area contributed by atoms with Crippen LogP contribution in [0.5, 0.6) is 0 Å². The molecule has 0 unspecified atom stereocenters. The first-order valence-electron chi connectivity index (χ1n) is 14.0. The van der Waals surface area contributed by atoms with Crippen LogP contribution in [-0.4, -0.2) is 60.4 Å². The highest BCUT2D eigenvalue weighted by Crippen LogP contribution is 2.25. The van der Waals surface area contributed by atoms with Gasteiger partial charge in [0.15, 0.2) is 11.5 Å². The summed E-state index contributed by atoms with van der Waals surface area (Å²) in [5, 5.41) is 5.54. The second-order valence-corrected chi connectivity index (χ2v) is 10.6. The molecule has 0 bridgehead atoms. The maximum absolute atomic E-state index is 13.9. The first-order chi connectivity index (χ1) is 21.3. The van der Waals surface area contributed by atoms with Crippen molar-refractivity contribution in [3.8, 4) is 23.2 Å². The van der Waals surface area contributed by atoms with Crippen molar-refractivity contribution >= 4 is 40.3 Å². The normalized spacial score (nSPS) is 12.5. The Hall–Kier alpha value is -5.80. The minimum atomic E-state index is -0.459. The second-order valence-electron chi connectivity index (χ2n) is 10.6. The van der Waals surface area contributed by atoms with Crippen LogP contribution >= 0.6 is 0 Å². The van der Waals surface area contributed by atoms with Crippen LogP contribution in [0.25, 0.3) is 22.5 Å². The molecule has 1 aliphatic carbocycles. The van der Waals surface area contributed by atoms with Crippen LogP contribution in [-0.2, 0) is 4.79 Å². The average Bonchev–Trinajstić information content (AvgIpc) is 3.81. The van der Waals surface area contributed by atoms with Crippen LogP contribution in [0.1, 0.15) is 28.8 Å². The van der Waals surface area contributed by atoms with Crippen molar-refractivity contribution in [3.63, 3.8) is 0 Å². The number of benzene rings is 2. The molecule has 5 aromatic rings. The van der Waals surface area contributed by atoms with Crippen LogP contribution < -0.4 is 22.1 Å². The molecular formula is C32H29N9O3. The molecule has 1 saturated carbocycles. The number of imidazole rings is 1. The zero-order valence-corrected chi connectivity index (χ0v) is 24.1. The monoisotopic (exact) mass is 587 g/mol. The van der Waals surface area contributed by atoms with E-state index in [9.17, 15) is 14.4 Å². The minimum Gasteiger partial charge on any atom is -0.382 e. The number of hydrogen-bond donors (Lipinski definition) is 3. The van der Waals surface area contributed by atoms with E-state index in [2.05, 4.69) is 42.3 Å². The number of aryl methyl sites for hydroxylation is 1. The van der Waals surface area contributed by atoms with Gasteiger partial charge in [-0.3, -0.25) is 19.1 Å². The van der Waals surface area contributed by atoms with Gasteiger partial charge in [0, 0.05) is 23.5 Å². The van der Waals surface area contributed by atoms with Crippen molar-refractivity contribution < 1.29 is 9.59 Å². The Morgan fingerprint density at radius 1 is 1.00 bits per heavy atom. The lowest BCUT2D eigenvalue weighted by Crippen LogP contribution is -2.22. The Balaban J connectivity index is 1.29. The summed E-state index contributed by atoms with van der Waals surface area (Å²) in [6.07, 6.45) is 5.23. The molecule has 6 rings (SSSR count). The van der Waals surface area contributed by atoms with Crippen molar-refractivity contribution in [1.29, 1.82) is 0 Å². The number of amides is 2. The molecule has 0 spiro atoms.